The maximum Gasteiger partial charge on any atom is 0.408 e. The second kappa shape index (κ2) is 6.21. The van der Waals surface area contributed by atoms with Crippen LogP contribution in [0.15, 0.2) is 0 Å². The minimum atomic E-state index is -4.46. The van der Waals surface area contributed by atoms with Gasteiger partial charge in [0.05, 0.1) is 0 Å². The van der Waals surface area contributed by atoms with E-state index in [1.807, 2.05) is 12.2 Å². The minimum absolute atomic E-state index is 0.0353. The average Bonchev–Trinajstić information content (AvgIpc) is 2.40. The topological polar surface area (TPSA) is 70.2 Å². The molecule has 0 saturated carbocycles. The van der Waals surface area contributed by atoms with Crippen molar-refractivity contribution in [3.05, 3.63) is 0 Å². The molecule has 8 heteroatoms. The fourth-order valence-electron chi connectivity index (χ4n) is 2.82. The maximum absolute atomic E-state index is 12.5. The van der Waals surface area contributed by atoms with E-state index in [4.69, 9.17) is 0 Å². The number of hydrogen-bond acceptors (Lipinski definition) is 3. The highest BCUT2D eigenvalue weighted by atomic mass is 19.4. The van der Waals surface area contributed by atoms with Crippen molar-refractivity contribution in [2.24, 2.45) is 11.8 Å². The molecule has 0 bridgehead atoms. The van der Waals surface area contributed by atoms with Crippen molar-refractivity contribution < 1.29 is 22.8 Å². The predicted octanol–water partition coefficient (Wildman–Crippen LogP) is 0.558. The zero-order chi connectivity index (χ0) is 15.6. The van der Waals surface area contributed by atoms with E-state index in [1.165, 1.54) is 0 Å². The predicted molar refractivity (Wildman–Crippen MR) is 69.3 cm³/mol. The van der Waals surface area contributed by atoms with Gasteiger partial charge in [-0.1, -0.05) is 6.92 Å². The molecule has 2 aliphatic heterocycles. The van der Waals surface area contributed by atoms with E-state index >= 15 is 0 Å². The molecular formula is C13H20F3N3O2. The minimum Gasteiger partial charge on any atom is -0.352 e. The number of piperidine rings is 2. The van der Waals surface area contributed by atoms with Crippen molar-refractivity contribution in [1.82, 2.24) is 16.0 Å². The molecule has 0 aliphatic carbocycles. The number of nitrogens with one attached hydrogen (secondary N) is 3. The summed E-state index contributed by atoms with van der Waals surface area (Å²) < 4.78 is 37.6. The molecule has 4 unspecified atom stereocenters. The van der Waals surface area contributed by atoms with Gasteiger partial charge in [0, 0.05) is 6.04 Å². The lowest BCUT2D eigenvalue weighted by molar-refractivity contribution is -0.171. The first-order valence-electron chi connectivity index (χ1n) is 7.17. The number of alkyl halides is 3. The lowest BCUT2D eigenvalue weighted by atomic mass is 9.90. The van der Waals surface area contributed by atoms with Crippen LogP contribution < -0.4 is 16.0 Å². The largest absolute Gasteiger partial charge is 0.408 e. The molecular weight excluding hydrogens is 287 g/mol. The van der Waals surface area contributed by atoms with Crippen LogP contribution in [0.1, 0.15) is 26.2 Å². The summed E-state index contributed by atoms with van der Waals surface area (Å²) in [5, 5.41) is 7.89. The molecule has 2 rings (SSSR count). The Hall–Kier alpha value is -1.31. The van der Waals surface area contributed by atoms with E-state index in [1.54, 1.807) is 0 Å². The van der Waals surface area contributed by atoms with Crippen LogP contribution in [0.5, 0.6) is 0 Å². The van der Waals surface area contributed by atoms with Gasteiger partial charge in [0.2, 0.25) is 11.8 Å². The Morgan fingerprint density at radius 1 is 1.29 bits per heavy atom. The maximum atomic E-state index is 12.5. The van der Waals surface area contributed by atoms with E-state index < -0.39 is 30.0 Å². The summed E-state index contributed by atoms with van der Waals surface area (Å²) in [6, 6.07) is -1.88. The molecule has 0 spiro atoms. The molecule has 3 N–H and O–H groups in total. The second-order valence-corrected chi connectivity index (χ2v) is 5.82. The quantitative estimate of drug-likeness (QED) is 0.653. The third-order valence-corrected chi connectivity index (χ3v) is 4.20. The van der Waals surface area contributed by atoms with Gasteiger partial charge in [-0.15, -0.1) is 0 Å². The highest BCUT2D eigenvalue weighted by Crippen LogP contribution is 2.28. The van der Waals surface area contributed by atoms with Gasteiger partial charge in [-0.05, 0) is 38.3 Å². The number of carbonyl (C=O) groups is 2. The van der Waals surface area contributed by atoms with Crippen LogP contribution in [0.2, 0.25) is 0 Å². The number of amides is 2. The Kier molecular flexibility index (Phi) is 4.75. The van der Waals surface area contributed by atoms with Crippen molar-refractivity contribution in [2.45, 2.75) is 44.4 Å². The van der Waals surface area contributed by atoms with Gasteiger partial charge < -0.3 is 16.0 Å². The first kappa shape index (κ1) is 16.1. The Morgan fingerprint density at radius 3 is 2.57 bits per heavy atom. The van der Waals surface area contributed by atoms with Crippen LogP contribution in [0.25, 0.3) is 0 Å². The number of carbonyl (C=O) groups excluding carboxylic acids is 2. The molecule has 120 valence electrons. The first-order chi connectivity index (χ1) is 9.79. The third kappa shape index (κ3) is 3.87. The molecule has 0 aromatic rings. The Labute approximate surface area is 121 Å². The molecule has 0 radical (unpaired) electrons. The summed E-state index contributed by atoms with van der Waals surface area (Å²) in [5.74, 6) is -2.09. The van der Waals surface area contributed by atoms with Crippen molar-refractivity contribution in [1.29, 1.82) is 0 Å². The number of halogens is 3. The van der Waals surface area contributed by atoms with E-state index in [-0.39, 0.29) is 24.8 Å². The van der Waals surface area contributed by atoms with Crippen LogP contribution in [0.4, 0.5) is 13.2 Å². The molecule has 2 fully saturated rings. The monoisotopic (exact) mass is 307 g/mol. The lowest BCUT2D eigenvalue weighted by Gasteiger charge is -2.33. The smallest absolute Gasteiger partial charge is 0.352 e. The van der Waals surface area contributed by atoms with Crippen molar-refractivity contribution in [3.63, 3.8) is 0 Å². The summed E-state index contributed by atoms with van der Waals surface area (Å²) in [7, 11) is 0. The van der Waals surface area contributed by atoms with Crippen molar-refractivity contribution >= 4 is 11.8 Å². The molecule has 5 nitrogen and oxygen atoms in total. The van der Waals surface area contributed by atoms with Crippen LogP contribution in [0.3, 0.4) is 0 Å². The summed E-state index contributed by atoms with van der Waals surface area (Å²) in [5.41, 5.74) is 0. The zero-order valence-corrected chi connectivity index (χ0v) is 11.8. The van der Waals surface area contributed by atoms with Crippen molar-refractivity contribution in [2.75, 3.05) is 13.1 Å². The van der Waals surface area contributed by atoms with Crippen molar-refractivity contribution in [3.8, 4) is 0 Å². The number of hydrogen-bond donors (Lipinski definition) is 3. The van der Waals surface area contributed by atoms with E-state index in [9.17, 15) is 22.8 Å². The van der Waals surface area contributed by atoms with Gasteiger partial charge in [0.1, 0.15) is 12.0 Å². The van der Waals surface area contributed by atoms with Gasteiger partial charge in [-0.25, -0.2) is 0 Å². The highest BCUT2D eigenvalue weighted by molar-refractivity contribution is 6.01. The molecule has 2 aliphatic rings. The number of rotatable bonds is 2. The summed E-state index contributed by atoms with van der Waals surface area (Å²) >= 11 is 0. The Balaban J connectivity index is 1.90. The molecule has 0 aromatic carbocycles. The van der Waals surface area contributed by atoms with E-state index in [2.05, 4.69) is 10.6 Å². The van der Waals surface area contributed by atoms with Gasteiger partial charge in [0.25, 0.3) is 0 Å². The van der Waals surface area contributed by atoms with Crippen LogP contribution in [-0.4, -0.2) is 43.2 Å². The zero-order valence-electron chi connectivity index (χ0n) is 11.8. The van der Waals surface area contributed by atoms with Gasteiger partial charge in [0.15, 0.2) is 0 Å². The molecule has 2 amide bonds. The van der Waals surface area contributed by atoms with E-state index in [0.717, 1.165) is 19.5 Å². The Bertz CT molecular complexity index is 414. The van der Waals surface area contributed by atoms with Crippen LogP contribution >= 0.6 is 0 Å². The molecule has 0 aromatic heterocycles. The third-order valence-electron chi connectivity index (χ3n) is 4.20. The first-order valence-corrected chi connectivity index (χ1v) is 7.17. The fraction of sp³-hybridized carbons (Fsp3) is 0.846. The lowest BCUT2D eigenvalue weighted by Crippen LogP contribution is -2.56. The molecule has 21 heavy (non-hydrogen) atoms. The van der Waals surface area contributed by atoms with Crippen LogP contribution in [-0.2, 0) is 9.59 Å². The van der Waals surface area contributed by atoms with Gasteiger partial charge in [-0.2, -0.15) is 13.2 Å². The molecule has 2 heterocycles. The molecule has 2 saturated heterocycles. The average molecular weight is 307 g/mol. The van der Waals surface area contributed by atoms with Crippen LogP contribution in [0, 0.1) is 11.8 Å². The SMILES string of the molecule is CC1CNCCC1NC(=O)C1CCC(C(F)(F)F)NC1=O. The summed E-state index contributed by atoms with van der Waals surface area (Å²) in [6.07, 6.45) is -4.02. The summed E-state index contributed by atoms with van der Waals surface area (Å²) in [6.45, 7) is 3.54. The van der Waals surface area contributed by atoms with Gasteiger partial charge >= 0.3 is 6.18 Å². The van der Waals surface area contributed by atoms with Gasteiger partial charge in [-0.3, -0.25) is 9.59 Å². The summed E-state index contributed by atoms with van der Waals surface area (Å²) in [4.78, 5) is 23.8. The second-order valence-electron chi connectivity index (χ2n) is 5.82. The highest BCUT2D eigenvalue weighted by Gasteiger charge is 2.46. The van der Waals surface area contributed by atoms with E-state index in [0.29, 0.717) is 0 Å². The standard InChI is InChI=1S/C13H20F3N3O2/c1-7-6-17-5-4-9(7)18-11(20)8-2-3-10(13(14,15)16)19-12(8)21/h7-10,17H,2-6H2,1H3,(H,18,20)(H,19,21). The fourth-order valence-corrected chi connectivity index (χ4v) is 2.82. The molecule has 4 atom stereocenters. The Morgan fingerprint density at radius 2 is 2.00 bits per heavy atom. The normalized spacial score (nSPS) is 34.2.